The number of ether oxygens (including phenoxy) is 3. The van der Waals surface area contributed by atoms with Crippen molar-refractivity contribution >= 4 is 46.3 Å². The zero-order chi connectivity index (χ0) is 26.9. The molecule has 1 aromatic carbocycles. The summed E-state index contributed by atoms with van der Waals surface area (Å²) in [5.74, 6) is -0.930. The van der Waals surface area contributed by atoms with Crippen molar-refractivity contribution < 1.29 is 23.8 Å². The first kappa shape index (κ1) is 32.2. The van der Waals surface area contributed by atoms with Crippen molar-refractivity contribution in [3.63, 3.8) is 0 Å². The van der Waals surface area contributed by atoms with Gasteiger partial charge in [-0.2, -0.15) is 0 Å². The van der Waals surface area contributed by atoms with Crippen molar-refractivity contribution in [3.8, 4) is 0 Å². The van der Waals surface area contributed by atoms with E-state index in [1.54, 1.807) is 36.3 Å². The van der Waals surface area contributed by atoms with Crippen LogP contribution in [0.4, 0.5) is 5.69 Å². The molecule has 1 rings (SSSR count). The van der Waals surface area contributed by atoms with Gasteiger partial charge in [0.05, 0.1) is 44.1 Å². The summed E-state index contributed by atoms with van der Waals surface area (Å²) in [7, 11) is 1.63. The average molecular weight is 544 g/mol. The van der Waals surface area contributed by atoms with E-state index in [1.165, 1.54) is 0 Å². The molecule has 0 aliphatic rings. The molecule has 0 saturated heterocycles. The molecule has 0 unspecified atom stereocenters. The van der Waals surface area contributed by atoms with E-state index in [0.717, 1.165) is 6.42 Å². The Morgan fingerprint density at radius 1 is 1.08 bits per heavy atom. The number of benzene rings is 1. The highest BCUT2D eigenvalue weighted by Gasteiger charge is 2.34. The summed E-state index contributed by atoms with van der Waals surface area (Å²) in [6.07, 6.45) is 1.94. The highest BCUT2D eigenvalue weighted by Crippen LogP contribution is 2.28. The molecule has 0 aliphatic carbocycles. The summed E-state index contributed by atoms with van der Waals surface area (Å²) in [6, 6.07) is 6.68. The van der Waals surface area contributed by atoms with E-state index < -0.39 is 17.9 Å². The number of nitrogens with zero attached hydrogens (tertiary/aromatic N) is 1. The standard InChI is InChI=1S/C26H42ClN3O5S/c1-5-6-20(18-24(28)31)26(32)30(22-9-7-21(27)8-10-22)23(17-19(2)3)25(36)29-11-12-34-15-16-35-14-13-33-4/h7-10,19-20,23H,5-6,11-18H2,1-4H3,(H2,28,31)(H,29,36)/t20-,23+/m1/s1. The van der Waals surface area contributed by atoms with Gasteiger partial charge in [-0.15, -0.1) is 0 Å². The van der Waals surface area contributed by atoms with Crippen LogP contribution in [0.1, 0.15) is 46.5 Å². The van der Waals surface area contributed by atoms with Crippen LogP contribution >= 0.6 is 23.8 Å². The van der Waals surface area contributed by atoms with Crippen LogP contribution in [-0.2, 0) is 23.8 Å². The van der Waals surface area contributed by atoms with Crippen LogP contribution in [0, 0.1) is 11.8 Å². The largest absolute Gasteiger partial charge is 0.382 e. The third-order valence-electron chi connectivity index (χ3n) is 5.43. The molecule has 0 radical (unpaired) electrons. The summed E-state index contributed by atoms with van der Waals surface area (Å²) < 4.78 is 15.9. The number of carbonyl (C=O) groups is 2. The molecule has 0 heterocycles. The van der Waals surface area contributed by atoms with Crippen molar-refractivity contribution in [1.29, 1.82) is 0 Å². The molecule has 0 saturated carbocycles. The van der Waals surface area contributed by atoms with Gasteiger partial charge in [-0.3, -0.25) is 9.59 Å². The van der Waals surface area contributed by atoms with E-state index >= 15 is 0 Å². The van der Waals surface area contributed by atoms with Gasteiger partial charge in [0.2, 0.25) is 11.8 Å². The average Bonchev–Trinajstić information content (AvgIpc) is 2.82. The smallest absolute Gasteiger partial charge is 0.231 e. The number of primary amides is 1. The van der Waals surface area contributed by atoms with Gasteiger partial charge in [0.15, 0.2) is 0 Å². The van der Waals surface area contributed by atoms with Crippen LogP contribution in [0.2, 0.25) is 5.02 Å². The monoisotopic (exact) mass is 543 g/mol. The van der Waals surface area contributed by atoms with E-state index in [9.17, 15) is 9.59 Å². The number of rotatable bonds is 19. The normalized spacial score (nSPS) is 12.8. The minimum atomic E-state index is -0.526. The second kappa shape index (κ2) is 18.5. The number of amides is 2. The van der Waals surface area contributed by atoms with Gasteiger partial charge in [0.25, 0.3) is 0 Å². The Morgan fingerprint density at radius 2 is 1.69 bits per heavy atom. The van der Waals surface area contributed by atoms with E-state index in [4.69, 9.17) is 43.8 Å². The van der Waals surface area contributed by atoms with E-state index in [-0.39, 0.29) is 18.2 Å². The maximum Gasteiger partial charge on any atom is 0.231 e. The minimum absolute atomic E-state index is 0.00829. The summed E-state index contributed by atoms with van der Waals surface area (Å²) in [4.78, 5) is 27.8. The van der Waals surface area contributed by atoms with Gasteiger partial charge in [0, 0.05) is 36.7 Å². The van der Waals surface area contributed by atoms with Crippen LogP contribution in [0.15, 0.2) is 24.3 Å². The van der Waals surface area contributed by atoms with Crippen LogP contribution in [0.5, 0.6) is 0 Å². The molecule has 1 aromatic rings. The topological polar surface area (TPSA) is 103 Å². The Morgan fingerprint density at radius 3 is 2.25 bits per heavy atom. The zero-order valence-electron chi connectivity index (χ0n) is 22.0. The van der Waals surface area contributed by atoms with Crippen molar-refractivity contribution in [2.45, 2.75) is 52.5 Å². The zero-order valence-corrected chi connectivity index (χ0v) is 23.5. The number of methoxy groups -OCH3 is 1. The second-order valence-electron chi connectivity index (χ2n) is 8.99. The van der Waals surface area contributed by atoms with Crippen molar-refractivity contribution in [1.82, 2.24) is 5.32 Å². The Balaban J connectivity index is 3.01. The third kappa shape index (κ3) is 12.5. The molecule has 8 nitrogen and oxygen atoms in total. The van der Waals surface area contributed by atoms with Crippen LogP contribution < -0.4 is 16.0 Å². The maximum atomic E-state index is 13.9. The summed E-state index contributed by atoms with van der Waals surface area (Å²) in [6.45, 7) is 9.12. The van der Waals surface area contributed by atoms with Gasteiger partial charge in [-0.25, -0.2) is 0 Å². The molecule has 0 fully saturated rings. The number of carbonyl (C=O) groups excluding carboxylic acids is 2. The minimum Gasteiger partial charge on any atom is -0.382 e. The number of anilines is 1. The number of nitrogens with two attached hydrogens (primary N) is 1. The van der Waals surface area contributed by atoms with Gasteiger partial charge >= 0.3 is 0 Å². The van der Waals surface area contributed by atoms with E-state index in [2.05, 4.69) is 19.2 Å². The Labute approximate surface area is 226 Å². The molecule has 10 heteroatoms. The molecule has 0 bridgehead atoms. The van der Waals surface area contributed by atoms with Gasteiger partial charge in [-0.1, -0.05) is 51.0 Å². The van der Waals surface area contributed by atoms with Crippen molar-refractivity contribution in [2.75, 3.05) is 51.6 Å². The highest BCUT2D eigenvalue weighted by molar-refractivity contribution is 7.80. The first-order chi connectivity index (χ1) is 17.2. The SMILES string of the molecule is CCC[C@H](CC(N)=O)C(=O)N(c1ccc(Cl)cc1)[C@@H](CC(C)C)C(=S)NCCOCCOCCOC. The first-order valence-electron chi connectivity index (χ1n) is 12.5. The molecule has 2 amide bonds. The fraction of sp³-hybridized carbons (Fsp3) is 0.654. The van der Waals surface area contributed by atoms with Crippen LogP contribution in [-0.4, -0.2) is 69.5 Å². The van der Waals surface area contributed by atoms with Crippen LogP contribution in [0.25, 0.3) is 0 Å². The van der Waals surface area contributed by atoms with Gasteiger partial charge in [-0.05, 0) is 43.0 Å². The molecule has 36 heavy (non-hydrogen) atoms. The molecule has 0 aliphatic heterocycles. The van der Waals surface area contributed by atoms with E-state index in [0.29, 0.717) is 68.1 Å². The lowest BCUT2D eigenvalue weighted by molar-refractivity contribution is -0.127. The molecule has 204 valence electrons. The Kier molecular flexibility index (Phi) is 16.5. The second-order valence-corrected chi connectivity index (χ2v) is 9.87. The lowest BCUT2D eigenvalue weighted by Crippen LogP contribution is -2.52. The van der Waals surface area contributed by atoms with Crippen molar-refractivity contribution in [2.24, 2.45) is 17.6 Å². The van der Waals surface area contributed by atoms with Crippen molar-refractivity contribution in [3.05, 3.63) is 29.3 Å². The predicted molar refractivity (Wildman–Crippen MR) is 149 cm³/mol. The number of thiocarbonyl (C=S) groups is 1. The number of hydrogen-bond donors (Lipinski definition) is 2. The molecule has 2 atom stereocenters. The molecule has 3 N–H and O–H groups in total. The van der Waals surface area contributed by atoms with Gasteiger partial charge in [0.1, 0.15) is 0 Å². The summed E-state index contributed by atoms with van der Waals surface area (Å²) in [5, 5.41) is 3.83. The lowest BCUT2D eigenvalue weighted by Gasteiger charge is -2.36. The fourth-order valence-electron chi connectivity index (χ4n) is 3.77. The summed E-state index contributed by atoms with van der Waals surface area (Å²) >= 11 is 11.9. The number of hydrogen-bond acceptors (Lipinski definition) is 6. The van der Waals surface area contributed by atoms with E-state index in [1.807, 2.05) is 6.92 Å². The fourth-order valence-corrected chi connectivity index (χ4v) is 4.20. The number of nitrogens with one attached hydrogen (secondary N) is 1. The lowest BCUT2D eigenvalue weighted by atomic mass is 9.94. The molecular weight excluding hydrogens is 502 g/mol. The third-order valence-corrected chi connectivity index (χ3v) is 6.10. The molecular formula is C26H42ClN3O5S. The summed E-state index contributed by atoms with van der Waals surface area (Å²) in [5.41, 5.74) is 6.16. The Bertz CT molecular complexity index is 794. The van der Waals surface area contributed by atoms with Crippen LogP contribution in [0.3, 0.4) is 0 Å². The van der Waals surface area contributed by atoms with Gasteiger partial charge < -0.3 is 30.2 Å². The quantitative estimate of drug-likeness (QED) is 0.201. The maximum absolute atomic E-state index is 13.9. The highest BCUT2D eigenvalue weighted by atomic mass is 35.5. The number of halogens is 1. The first-order valence-corrected chi connectivity index (χ1v) is 13.3. The predicted octanol–water partition coefficient (Wildman–Crippen LogP) is 3.98. The molecule has 0 aromatic heterocycles. The Hall–Kier alpha value is -1.78. The molecule has 0 spiro atoms.